The largest absolute Gasteiger partial charge is 0.484 e. The molecular weight excluding hydrogens is 338 g/mol. The number of amides is 4. The second-order valence-corrected chi connectivity index (χ2v) is 5.21. The number of para-hydroxylation sites is 2. The van der Waals surface area contributed by atoms with Gasteiger partial charge in [-0.1, -0.05) is 36.4 Å². The van der Waals surface area contributed by atoms with Crippen molar-refractivity contribution in [2.75, 3.05) is 6.61 Å². The van der Waals surface area contributed by atoms with Gasteiger partial charge in [-0.3, -0.25) is 20.3 Å². The predicted molar refractivity (Wildman–Crippen MR) is 92.3 cm³/mol. The number of ether oxygens (including phenoxy) is 1. The summed E-state index contributed by atoms with van der Waals surface area (Å²) in [7, 11) is 0. The summed E-state index contributed by atoms with van der Waals surface area (Å²) in [6, 6.07) is 16.4. The quantitative estimate of drug-likeness (QED) is 0.621. The van der Waals surface area contributed by atoms with Gasteiger partial charge in [0, 0.05) is 5.39 Å². The highest BCUT2D eigenvalue weighted by molar-refractivity contribution is 6.04. The number of hydrazine groups is 1. The number of rotatable bonds is 4. The zero-order chi connectivity index (χ0) is 18.4. The first-order chi connectivity index (χ1) is 12.6. The average molecular weight is 353 g/mol. The number of furan rings is 1. The standard InChI is InChI=1S/C18H15N3O5/c22-16(11-25-13-7-2-1-3-8-13)20-21-18(24)19-17(23)15-10-12-6-4-5-9-14(12)26-15/h1-10H,11H2,(H,20,22)(H2,19,21,23,24). The van der Waals surface area contributed by atoms with Gasteiger partial charge in [0.25, 0.3) is 11.8 Å². The van der Waals surface area contributed by atoms with Gasteiger partial charge in [0.15, 0.2) is 12.4 Å². The van der Waals surface area contributed by atoms with Crippen molar-refractivity contribution in [3.8, 4) is 5.75 Å². The summed E-state index contributed by atoms with van der Waals surface area (Å²) < 4.78 is 10.6. The Balaban J connectivity index is 1.44. The Morgan fingerprint density at radius 1 is 0.923 bits per heavy atom. The molecule has 0 radical (unpaired) electrons. The smallest absolute Gasteiger partial charge is 0.340 e. The molecule has 0 aliphatic rings. The van der Waals surface area contributed by atoms with Gasteiger partial charge < -0.3 is 9.15 Å². The SMILES string of the molecule is O=C(COc1ccccc1)NNC(=O)NC(=O)c1cc2ccccc2o1. The maximum absolute atomic E-state index is 12.0. The van der Waals surface area contributed by atoms with E-state index in [9.17, 15) is 14.4 Å². The van der Waals surface area contributed by atoms with Crippen LogP contribution in [0.15, 0.2) is 65.1 Å². The van der Waals surface area contributed by atoms with Crippen LogP contribution in [0.5, 0.6) is 5.75 Å². The first-order valence-corrected chi connectivity index (χ1v) is 7.68. The molecule has 0 saturated heterocycles. The van der Waals surface area contributed by atoms with Gasteiger partial charge >= 0.3 is 6.03 Å². The van der Waals surface area contributed by atoms with Crippen LogP contribution in [0.3, 0.4) is 0 Å². The van der Waals surface area contributed by atoms with Crippen LogP contribution in [0, 0.1) is 0 Å². The molecule has 8 nitrogen and oxygen atoms in total. The van der Waals surface area contributed by atoms with Gasteiger partial charge in [-0.05, 0) is 24.3 Å². The Kier molecular flexibility index (Phi) is 5.14. The van der Waals surface area contributed by atoms with Gasteiger partial charge in [0.05, 0.1) is 0 Å². The van der Waals surface area contributed by atoms with Gasteiger partial charge in [0.2, 0.25) is 0 Å². The van der Waals surface area contributed by atoms with Crippen LogP contribution in [0.2, 0.25) is 0 Å². The highest BCUT2D eigenvalue weighted by Crippen LogP contribution is 2.18. The molecule has 0 unspecified atom stereocenters. The molecule has 3 rings (SSSR count). The van der Waals surface area contributed by atoms with Crippen molar-refractivity contribution in [1.82, 2.24) is 16.2 Å². The fraction of sp³-hybridized carbons (Fsp3) is 0.0556. The second-order valence-electron chi connectivity index (χ2n) is 5.21. The lowest BCUT2D eigenvalue weighted by atomic mass is 10.2. The molecule has 0 saturated carbocycles. The third-order valence-electron chi connectivity index (χ3n) is 3.30. The molecule has 1 aromatic heterocycles. The minimum absolute atomic E-state index is 0.0138. The van der Waals surface area contributed by atoms with Crippen LogP contribution in [0.1, 0.15) is 10.6 Å². The number of hydrogen-bond donors (Lipinski definition) is 3. The number of fused-ring (bicyclic) bond motifs is 1. The molecular formula is C18H15N3O5. The Labute approximate surface area is 148 Å². The van der Waals surface area contributed by atoms with Crippen molar-refractivity contribution in [2.45, 2.75) is 0 Å². The summed E-state index contributed by atoms with van der Waals surface area (Å²) in [6.45, 7) is -0.290. The topological polar surface area (TPSA) is 110 Å². The number of benzene rings is 2. The van der Waals surface area contributed by atoms with Gasteiger partial charge in [-0.15, -0.1) is 0 Å². The van der Waals surface area contributed by atoms with Crippen LogP contribution >= 0.6 is 0 Å². The van der Waals surface area contributed by atoms with E-state index in [4.69, 9.17) is 9.15 Å². The normalized spacial score (nSPS) is 10.2. The first-order valence-electron chi connectivity index (χ1n) is 7.68. The minimum atomic E-state index is -0.900. The molecule has 3 aromatic rings. The zero-order valence-corrected chi connectivity index (χ0v) is 13.5. The van der Waals surface area contributed by atoms with E-state index in [1.54, 1.807) is 48.5 Å². The maximum Gasteiger partial charge on any atom is 0.340 e. The summed E-state index contributed by atoms with van der Waals surface area (Å²) in [5.41, 5.74) is 4.72. The number of nitrogens with one attached hydrogen (secondary N) is 3. The number of imide groups is 1. The fourth-order valence-electron chi connectivity index (χ4n) is 2.12. The summed E-state index contributed by atoms with van der Waals surface area (Å²) in [4.78, 5) is 35.3. The number of urea groups is 1. The van der Waals surface area contributed by atoms with E-state index < -0.39 is 17.8 Å². The zero-order valence-electron chi connectivity index (χ0n) is 13.5. The molecule has 0 aliphatic carbocycles. The molecule has 2 aromatic carbocycles. The minimum Gasteiger partial charge on any atom is -0.484 e. The average Bonchev–Trinajstić information content (AvgIpc) is 3.10. The first kappa shape index (κ1) is 17.0. The van der Waals surface area contributed by atoms with Crippen molar-refractivity contribution in [3.05, 3.63) is 66.4 Å². The summed E-state index contributed by atoms with van der Waals surface area (Å²) >= 11 is 0. The molecule has 26 heavy (non-hydrogen) atoms. The molecule has 3 N–H and O–H groups in total. The summed E-state index contributed by atoms with van der Waals surface area (Å²) in [5.74, 6) is -0.805. The monoisotopic (exact) mass is 353 g/mol. The Hall–Kier alpha value is -3.81. The van der Waals surface area contributed by atoms with Crippen molar-refractivity contribution in [3.63, 3.8) is 0 Å². The molecule has 0 fully saturated rings. The van der Waals surface area contributed by atoms with E-state index in [0.717, 1.165) is 5.39 Å². The highest BCUT2D eigenvalue weighted by Gasteiger charge is 2.15. The van der Waals surface area contributed by atoms with E-state index in [2.05, 4.69) is 10.9 Å². The van der Waals surface area contributed by atoms with Crippen LogP contribution in [-0.2, 0) is 4.79 Å². The maximum atomic E-state index is 12.0. The van der Waals surface area contributed by atoms with E-state index >= 15 is 0 Å². The van der Waals surface area contributed by atoms with Crippen LogP contribution in [-0.4, -0.2) is 24.5 Å². The molecule has 0 atom stereocenters. The lowest BCUT2D eigenvalue weighted by Crippen LogP contribution is -2.49. The summed E-state index contributed by atoms with van der Waals surface area (Å²) in [6.07, 6.45) is 0. The van der Waals surface area contributed by atoms with E-state index in [1.165, 1.54) is 6.07 Å². The van der Waals surface area contributed by atoms with Crippen LogP contribution < -0.4 is 20.9 Å². The second kappa shape index (κ2) is 7.84. The van der Waals surface area contributed by atoms with Gasteiger partial charge in [-0.25, -0.2) is 10.2 Å². The highest BCUT2D eigenvalue weighted by atomic mass is 16.5. The lowest BCUT2D eigenvalue weighted by Gasteiger charge is -2.08. The number of hydrogen-bond acceptors (Lipinski definition) is 5. The Bertz CT molecular complexity index is 903. The lowest BCUT2D eigenvalue weighted by molar-refractivity contribution is -0.123. The molecule has 0 spiro atoms. The molecule has 0 bridgehead atoms. The number of carbonyl (C=O) groups excluding carboxylic acids is 3. The third-order valence-corrected chi connectivity index (χ3v) is 3.30. The van der Waals surface area contributed by atoms with Crippen molar-refractivity contribution in [1.29, 1.82) is 0 Å². The van der Waals surface area contributed by atoms with Crippen molar-refractivity contribution in [2.24, 2.45) is 0 Å². The van der Waals surface area contributed by atoms with Crippen LogP contribution in [0.4, 0.5) is 4.79 Å². The number of carbonyl (C=O) groups is 3. The van der Waals surface area contributed by atoms with Crippen molar-refractivity contribution >= 4 is 28.8 Å². The molecule has 8 heteroatoms. The fourth-order valence-corrected chi connectivity index (χ4v) is 2.12. The molecule has 1 heterocycles. The summed E-state index contributed by atoms with van der Waals surface area (Å²) in [5, 5.41) is 2.79. The van der Waals surface area contributed by atoms with E-state index in [1.807, 2.05) is 11.4 Å². The molecule has 4 amide bonds. The Morgan fingerprint density at radius 3 is 2.42 bits per heavy atom. The van der Waals surface area contributed by atoms with Crippen molar-refractivity contribution < 1.29 is 23.5 Å². The van der Waals surface area contributed by atoms with Crippen LogP contribution in [0.25, 0.3) is 11.0 Å². The predicted octanol–water partition coefficient (Wildman–Crippen LogP) is 1.98. The van der Waals surface area contributed by atoms with Gasteiger partial charge in [0.1, 0.15) is 11.3 Å². The van der Waals surface area contributed by atoms with E-state index in [-0.39, 0.29) is 12.4 Å². The Morgan fingerprint density at radius 2 is 1.65 bits per heavy atom. The third kappa shape index (κ3) is 4.38. The van der Waals surface area contributed by atoms with Gasteiger partial charge in [-0.2, -0.15) is 0 Å². The van der Waals surface area contributed by atoms with E-state index in [0.29, 0.717) is 11.3 Å². The molecule has 132 valence electrons. The molecule has 0 aliphatic heterocycles.